The molecule has 0 spiro atoms. The third kappa shape index (κ3) is 2.00. The Hall–Kier alpha value is -2.29. The maximum absolute atomic E-state index is 6.39. The fourth-order valence-electron chi connectivity index (χ4n) is 3.18. The summed E-state index contributed by atoms with van der Waals surface area (Å²) in [6.07, 6.45) is 3.20. The second kappa shape index (κ2) is 4.62. The van der Waals surface area contributed by atoms with E-state index in [2.05, 4.69) is 6.92 Å². The van der Waals surface area contributed by atoms with Crippen molar-refractivity contribution in [1.29, 1.82) is 0 Å². The molecular formula is C18H18N2O. The van der Waals surface area contributed by atoms with E-state index in [0.717, 1.165) is 40.9 Å². The summed E-state index contributed by atoms with van der Waals surface area (Å²) in [4.78, 5) is 4.71. The average molecular weight is 278 g/mol. The van der Waals surface area contributed by atoms with E-state index in [9.17, 15) is 0 Å². The van der Waals surface area contributed by atoms with Gasteiger partial charge in [-0.3, -0.25) is 0 Å². The maximum Gasteiger partial charge on any atom is 0.229 e. The highest BCUT2D eigenvalue weighted by Crippen LogP contribution is 2.36. The Morgan fingerprint density at radius 1 is 1.24 bits per heavy atom. The highest BCUT2D eigenvalue weighted by molar-refractivity contribution is 5.92. The van der Waals surface area contributed by atoms with Crippen LogP contribution in [0.25, 0.3) is 22.4 Å². The van der Waals surface area contributed by atoms with Gasteiger partial charge in [-0.25, -0.2) is 4.98 Å². The van der Waals surface area contributed by atoms with Crippen molar-refractivity contribution in [3.63, 3.8) is 0 Å². The average Bonchev–Trinajstić information content (AvgIpc) is 2.94. The summed E-state index contributed by atoms with van der Waals surface area (Å²) in [5.74, 6) is 1.51. The first-order chi connectivity index (χ1) is 10.2. The summed E-state index contributed by atoms with van der Waals surface area (Å²) >= 11 is 0. The van der Waals surface area contributed by atoms with Crippen LogP contribution in [0.5, 0.6) is 0 Å². The Kier molecular flexibility index (Phi) is 2.74. The first-order valence-corrected chi connectivity index (χ1v) is 7.48. The van der Waals surface area contributed by atoms with Crippen LogP contribution in [0.1, 0.15) is 24.6 Å². The van der Waals surface area contributed by atoms with Crippen molar-refractivity contribution in [3.8, 4) is 11.3 Å². The lowest BCUT2D eigenvalue weighted by Gasteiger charge is -2.21. The van der Waals surface area contributed by atoms with Gasteiger partial charge in [-0.15, -0.1) is 0 Å². The number of anilines is 1. The van der Waals surface area contributed by atoms with Gasteiger partial charge in [0.15, 0.2) is 0 Å². The predicted octanol–water partition coefficient (Wildman–Crippen LogP) is 4.20. The van der Waals surface area contributed by atoms with Gasteiger partial charge in [0, 0.05) is 16.9 Å². The van der Waals surface area contributed by atoms with Crippen LogP contribution in [-0.4, -0.2) is 4.98 Å². The van der Waals surface area contributed by atoms with Gasteiger partial charge in [-0.05, 0) is 36.8 Å². The fourth-order valence-corrected chi connectivity index (χ4v) is 3.18. The molecule has 2 heterocycles. The van der Waals surface area contributed by atoms with Crippen molar-refractivity contribution >= 4 is 16.8 Å². The number of nitrogen functional groups attached to an aromatic ring is 1. The lowest BCUT2D eigenvalue weighted by atomic mass is 9.86. The van der Waals surface area contributed by atoms with Crippen molar-refractivity contribution < 1.29 is 4.42 Å². The molecule has 2 aromatic heterocycles. The van der Waals surface area contributed by atoms with E-state index in [-0.39, 0.29) is 0 Å². The van der Waals surface area contributed by atoms with Gasteiger partial charge in [0.25, 0.3) is 0 Å². The van der Waals surface area contributed by atoms with Crippen LogP contribution in [0.2, 0.25) is 0 Å². The van der Waals surface area contributed by atoms with E-state index in [4.69, 9.17) is 15.1 Å². The Bertz CT molecular complexity index is 805. The second-order valence-corrected chi connectivity index (χ2v) is 5.99. The molecule has 1 atom stereocenters. The van der Waals surface area contributed by atoms with Crippen LogP contribution in [0, 0.1) is 5.92 Å². The summed E-state index contributed by atoms with van der Waals surface area (Å²) in [5.41, 5.74) is 11.3. The first kappa shape index (κ1) is 12.5. The minimum absolute atomic E-state index is 0.666. The van der Waals surface area contributed by atoms with Crippen LogP contribution in [0.3, 0.4) is 0 Å². The Labute approximate surface area is 123 Å². The molecule has 0 radical (unpaired) electrons. The number of aromatic nitrogens is 1. The van der Waals surface area contributed by atoms with Crippen LogP contribution in [-0.2, 0) is 12.8 Å². The SMILES string of the molecule is C[C@H]1CCc2nc3oc(-c4ccccc4)cc3c(N)c2C1. The molecule has 0 amide bonds. The minimum atomic E-state index is 0.666. The van der Waals surface area contributed by atoms with Crippen molar-refractivity contribution in [1.82, 2.24) is 4.98 Å². The van der Waals surface area contributed by atoms with Crippen LogP contribution in [0.4, 0.5) is 5.69 Å². The highest BCUT2D eigenvalue weighted by Gasteiger charge is 2.22. The number of hydrogen-bond donors (Lipinski definition) is 1. The van der Waals surface area contributed by atoms with E-state index >= 15 is 0 Å². The third-order valence-corrected chi connectivity index (χ3v) is 4.40. The summed E-state index contributed by atoms with van der Waals surface area (Å²) in [6.45, 7) is 2.28. The Balaban J connectivity index is 1.91. The van der Waals surface area contributed by atoms with Gasteiger partial charge >= 0.3 is 0 Å². The van der Waals surface area contributed by atoms with Crippen molar-refractivity contribution in [2.45, 2.75) is 26.2 Å². The van der Waals surface area contributed by atoms with Crippen LogP contribution >= 0.6 is 0 Å². The number of benzene rings is 1. The van der Waals surface area contributed by atoms with Gasteiger partial charge in [-0.2, -0.15) is 0 Å². The Morgan fingerprint density at radius 2 is 2.05 bits per heavy atom. The third-order valence-electron chi connectivity index (χ3n) is 4.40. The molecule has 0 saturated heterocycles. The normalized spacial score (nSPS) is 17.9. The van der Waals surface area contributed by atoms with E-state index < -0.39 is 0 Å². The van der Waals surface area contributed by atoms with Gasteiger partial charge in [0.1, 0.15) is 5.76 Å². The molecular weight excluding hydrogens is 260 g/mol. The molecule has 1 aliphatic rings. The summed E-state index contributed by atoms with van der Waals surface area (Å²) < 4.78 is 5.94. The molecule has 3 aromatic rings. The molecule has 0 fully saturated rings. The van der Waals surface area contributed by atoms with Gasteiger partial charge in [0.05, 0.1) is 5.39 Å². The molecule has 1 aliphatic carbocycles. The van der Waals surface area contributed by atoms with Gasteiger partial charge < -0.3 is 10.2 Å². The van der Waals surface area contributed by atoms with Crippen LogP contribution in [0.15, 0.2) is 40.8 Å². The number of nitrogens with two attached hydrogens (primary N) is 1. The lowest BCUT2D eigenvalue weighted by Crippen LogP contribution is -2.15. The van der Waals surface area contributed by atoms with Gasteiger partial charge in [-0.1, -0.05) is 37.3 Å². The number of pyridine rings is 1. The molecule has 106 valence electrons. The molecule has 0 bridgehead atoms. The quantitative estimate of drug-likeness (QED) is 0.725. The van der Waals surface area contributed by atoms with E-state index in [0.29, 0.717) is 11.6 Å². The number of hydrogen-bond acceptors (Lipinski definition) is 3. The molecule has 3 nitrogen and oxygen atoms in total. The minimum Gasteiger partial charge on any atom is -0.438 e. The van der Waals surface area contributed by atoms with E-state index in [1.54, 1.807) is 0 Å². The fraction of sp³-hybridized carbons (Fsp3) is 0.278. The topological polar surface area (TPSA) is 52.0 Å². The molecule has 2 N–H and O–H groups in total. The molecule has 0 aliphatic heterocycles. The molecule has 3 heteroatoms. The molecule has 0 unspecified atom stereocenters. The maximum atomic E-state index is 6.39. The summed E-state index contributed by atoms with van der Waals surface area (Å²) in [6, 6.07) is 12.1. The lowest BCUT2D eigenvalue weighted by molar-refractivity contribution is 0.494. The first-order valence-electron chi connectivity index (χ1n) is 7.48. The summed E-state index contributed by atoms with van der Waals surface area (Å²) in [7, 11) is 0. The number of aryl methyl sites for hydroxylation is 1. The standard InChI is InChI=1S/C18H18N2O/c1-11-7-8-15-13(9-11)17(19)14-10-16(21-18(14)20-15)12-5-3-2-4-6-12/h2-6,10-11H,7-9H2,1H3,(H2,19,20)/t11-/m0/s1. The monoisotopic (exact) mass is 278 g/mol. The Morgan fingerprint density at radius 3 is 2.86 bits per heavy atom. The molecule has 4 rings (SSSR count). The zero-order chi connectivity index (χ0) is 14.4. The second-order valence-electron chi connectivity index (χ2n) is 5.99. The van der Waals surface area contributed by atoms with Crippen molar-refractivity contribution in [3.05, 3.63) is 47.7 Å². The number of nitrogens with zero attached hydrogens (tertiary/aromatic N) is 1. The number of rotatable bonds is 1. The smallest absolute Gasteiger partial charge is 0.229 e. The summed E-state index contributed by atoms with van der Waals surface area (Å²) in [5, 5.41) is 0.946. The van der Waals surface area contributed by atoms with Crippen molar-refractivity contribution in [2.75, 3.05) is 5.73 Å². The van der Waals surface area contributed by atoms with Gasteiger partial charge in [0.2, 0.25) is 5.71 Å². The number of furan rings is 1. The van der Waals surface area contributed by atoms with Crippen LogP contribution < -0.4 is 5.73 Å². The van der Waals surface area contributed by atoms with E-state index in [1.165, 1.54) is 12.0 Å². The largest absolute Gasteiger partial charge is 0.438 e. The zero-order valence-electron chi connectivity index (χ0n) is 12.1. The molecule has 21 heavy (non-hydrogen) atoms. The molecule has 0 saturated carbocycles. The molecule has 1 aromatic carbocycles. The van der Waals surface area contributed by atoms with E-state index in [1.807, 2.05) is 36.4 Å². The predicted molar refractivity (Wildman–Crippen MR) is 85.0 cm³/mol. The number of fused-ring (bicyclic) bond motifs is 2. The zero-order valence-corrected chi connectivity index (χ0v) is 12.1. The van der Waals surface area contributed by atoms with Crippen molar-refractivity contribution in [2.24, 2.45) is 5.92 Å². The highest BCUT2D eigenvalue weighted by atomic mass is 16.3.